The van der Waals surface area contributed by atoms with Gasteiger partial charge in [0.2, 0.25) is 0 Å². The van der Waals surface area contributed by atoms with Gasteiger partial charge in [0, 0.05) is 5.92 Å². The van der Waals surface area contributed by atoms with Gasteiger partial charge in [-0.05, 0) is 43.0 Å². The number of hydrogen-bond acceptors (Lipinski definition) is 1. The van der Waals surface area contributed by atoms with Gasteiger partial charge in [-0.25, -0.2) is 8.78 Å². The Morgan fingerprint density at radius 3 is 2.71 bits per heavy atom. The van der Waals surface area contributed by atoms with E-state index in [1.54, 1.807) is 0 Å². The van der Waals surface area contributed by atoms with Gasteiger partial charge in [-0.3, -0.25) is 4.79 Å². The number of hydrogen-bond donors (Lipinski definition) is 0. The van der Waals surface area contributed by atoms with E-state index >= 15 is 0 Å². The van der Waals surface area contributed by atoms with Crippen molar-refractivity contribution in [2.24, 2.45) is 5.92 Å². The molecule has 1 aliphatic rings. The van der Waals surface area contributed by atoms with Gasteiger partial charge in [-0.2, -0.15) is 0 Å². The van der Waals surface area contributed by atoms with E-state index in [-0.39, 0.29) is 17.6 Å². The molecule has 0 bridgehead atoms. The molecule has 0 unspecified atom stereocenters. The topological polar surface area (TPSA) is 17.1 Å². The first-order chi connectivity index (χ1) is 6.59. The van der Waals surface area contributed by atoms with Crippen molar-refractivity contribution in [1.82, 2.24) is 0 Å². The van der Waals surface area contributed by atoms with Crippen molar-refractivity contribution in [2.45, 2.75) is 19.3 Å². The van der Waals surface area contributed by atoms with Crippen LogP contribution >= 0.6 is 0 Å². The molecule has 2 rings (SSSR count). The van der Waals surface area contributed by atoms with Gasteiger partial charge in [-0.1, -0.05) is 0 Å². The molecule has 3 heteroatoms. The van der Waals surface area contributed by atoms with Crippen molar-refractivity contribution in [1.29, 1.82) is 0 Å². The van der Waals surface area contributed by atoms with E-state index in [0.29, 0.717) is 12.0 Å². The fourth-order valence-corrected chi connectivity index (χ4v) is 1.79. The van der Waals surface area contributed by atoms with Gasteiger partial charge in [0.05, 0.1) is 0 Å². The second-order valence-electron chi connectivity index (χ2n) is 3.73. The third-order valence-electron chi connectivity index (χ3n) is 2.67. The third-order valence-corrected chi connectivity index (χ3v) is 2.67. The molecule has 14 heavy (non-hydrogen) atoms. The molecular weight excluding hydrogens is 186 g/mol. The summed E-state index contributed by atoms with van der Waals surface area (Å²) in [5, 5.41) is 0. The predicted molar refractivity (Wildman–Crippen MR) is 47.9 cm³/mol. The lowest BCUT2D eigenvalue weighted by atomic mass is 10.1. The number of ketones is 1. The Bertz CT molecular complexity index is 387. The maximum Gasteiger partial charge on any atom is 0.133 e. The molecule has 74 valence electrons. The van der Waals surface area contributed by atoms with E-state index in [0.717, 1.165) is 12.1 Å². The highest BCUT2D eigenvalue weighted by Crippen LogP contribution is 2.48. The first-order valence-electron chi connectivity index (χ1n) is 4.55. The van der Waals surface area contributed by atoms with E-state index < -0.39 is 11.6 Å². The van der Waals surface area contributed by atoms with Gasteiger partial charge < -0.3 is 0 Å². The van der Waals surface area contributed by atoms with Crippen LogP contribution in [0.25, 0.3) is 0 Å². The zero-order valence-corrected chi connectivity index (χ0v) is 7.76. The summed E-state index contributed by atoms with van der Waals surface area (Å²) in [4.78, 5) is 11.0. The van der Waals surface area contributed by atoms with Crippen LogP contribution in [0, 0.1) is 17.6 Å². The van der Waals surface area contributed by atoms with Crippen molar-refractivity contribution < 1.29 is 13.6 Å². The second kappa shape index (κ2) is 3.15. The third kappa shape index (κ3) is 1.54. The van der Waals surface area contributed by atoms with Gasteiger partial charge >= 0.3 is 0 Å². The van der Waals surface area contributed by atoms with Crippen LogP contribution in [0.5, 0.6) is 0 Å². The van der Waals surface area contributed by atoms with Crippen molar-refractivity contribution in [3.63, 3.8) is 0 Å². The molecule has 0 radical (unpaired) electrons. The number of halogens is 2. The highest BCUT2D eigenvalue weighted by molar-refractivity contribution is 5.82. The SMILES string of the molecule is CC(=O)[C@H]1C[C@H]1c1cc(F)ccc1F. The normalized spacial score (nSPS) is 24.8. The zero-order valence-electron chi connectivity index (χ0n) is 7.76. The Labute approximate surface area is 80.7 Å². The minimum absolute atomic E-state index is 0.0543. The molecule has 0 aromatic heterocycles. The molecule has 1 aromatic carbocycles. The maximum absolute atomic E-state index is 13.2. The number of Topliss-reactive ketones (excluding diaryl/α,β-unsaturated/α-hetero) is 1. The molecule has 1 aromatic rings. The lowest BCUT2D eigenvalue weighted by molar-refractivity contribution is -0.118. The smallest absolute Gasteiger partial charge is 0.133 e. The molecular formula is C11H10F2O. The fourth-order valence-electron chi connectivity index (χ4n) is 1.79. The van der Waals surface area contributed by atoms with Crippen LogP contribution in [-0.2, 0) is 4.79 Å². The lowest BCUT2D eigenvalue weighted by Gasteiger charge is -2.00. The van der Waals surface area contributed by atoms with Crippen LogP contribution in [0.4, 0.5) is 8.78 Å². The second-order valence-corrected chi connectivity index (χ2v) is 3.73. The predicted octanol–water partition coefficient (Wildman–Crippen LogP) is 2.66. The molecule has 0 heterocycles. The summed E-state index contributed by atoms with van der Waals surface area (Å²) in [7, 11) is 0. The first kappa shape index (κ1) is 9.31. The number of carbonyl (C=O) groups is 1. The largest absolute Gasteiger partial charge is 0.300 e. The average Bonchev–Trinajstić information content (AvgIpc) is 2.88. The molecule has 0 N–H and O–H groups in total. The molecule has 1 aliphatic carbocycles. The van der Waals surface area contributed by atoms with Crippen LogP contribution in [0.3, 0.4) is 0 Å². The van der Waals surface area contributed by atoms with Crippen molar-refractivity contribution in [3.05, 3.63) is 35.4 Å². The zero-order chi connectivity index (χ0) is 10.3. The molecule has 0 spiro atoms. The van der Waals surface area contributed by atoms with Gasteiger partial charge in [0.1, 0.15) is 17.4 Å². The number of carbonyl (C=O) groups excluding carboxylic acids is 1. The summed E-state index contributed by atoms with van der Waals surface area (Å²) in [5.41, 5.74) is 0.338. The Balaban J connectivity index is 2.26. The number of rotatable bonds is 2. The van der Waals surface area contributed by atoms with E-state index in [1.807, 2.05) is 0 Å². The van der Waals surface area contributed by atoms with Crippen molar-refractivity contribution in [3.8, 4) is 0 Å². The van der Waals surface area contributed by atoms with E-state index in [1.165, 1.54) is 13.0 Å². The van der Waals surface area contributed by atoms with E-state index in [2.05, 4.69) is 0 Å². The summed E-state index contributed by atoms with van der Waals surface area (Å²) in [6, 6.07) is 3.38. The summed E-state index contributed by atoms with van der Waals surface area (Å²) in [6.45, 7) is 1.49. The molecule has 1 nitrogen and oxygen atoms in total. The molecule has 2 atom stereocenters. The van der Waals surface area contributed by atoms with Crippen LogP contribution in [0.1, 0.15) is 24.8 Å². The summed E-state index contributed by atoms with van der Waals surface area (Å²) in [6.07, 6.45) is 0.649. The summed E-state index contributed by atoms with van der Waals surface area (Å²) in [5.74, 6) is -1.02. The minimum Gasteiger partial charge on any atom is -0.300 e. The fraction of sp³-hybridized carbons (Fsp3) is 0.364. The van der Waals surface area contributed by atoms with Gasteiger partial charge in [-0.15, -0.1) is 0 Å². The van der Waals surface area contributed by atoms with Gasteiger partial charge in [0.15, 0.2) is 0 Å². The average molecular weight is 196 g/mol. The maximum atomic E-state index is 13.2. The minimum atomic E-state index is -0.449. The standard InChI is InChI=1S/C11H10F2O/c1-6(14)8-5-9(8)10-4-7(12)2-3-11(10)13/h2-4,8-9H,5H2,1H3/t8-,9-/m1/s1. The highest BCUT2D eigenvalue weighted by Gasteiger charge is 2.43. The van der Waals surface area contributed by atoms with Crippen molar-refractivity contribution in [2.75, 3.05) is 0 Å². The Morgan fingerprint density at radius 1 is 1.43 bits per heavy atom. The molecule has 1 saturated carbocycles. The molecule has 1 fully saturated rings. The summed E-state index contributed by atoms with van der Waals surface area (Å²) >= 11 is 0. The Morgan fingerprint density at radius 2 is 2.14 bits per heavy atom. The van der Waals surface area contributed by atoms with Gasteiger partial charge in [0.25, 0.3) is 0 Å². The van der Waals surface area contributed by atoms with Crippen LogP contribution < -0.4 is 0 Å². The van der Waals surface area contributed by atoms with Crippen LogP contribution in [-0.4, -0.2) is 5.78 Å². The van der Waals surface area contributed by atoms with E-state index in [4.69, 9.17) is 0 Å². The quantitative estimate of drug-likeness (QED) is 0.710. The first-order valence-corrected chi connectivity index (χ1v) is 4.55. The molecule has 0 aliphatic heterocycles. The molecule has 0 amide bonds. The Kier molecular flexibility index (Phi) is 2.10. The summed E-state index contributed by atoms with van der Waals surface area (Å²) < 4.78 is 26.0. The van der Waals surface area contributed by atoms with Crippen LogP contribution in [0.15, 0.2) is 18.2 Å². The molecule has 0 saturated heterocycles. The van der Waals surface area contributed by atoms with Crippen LogP contribution in [0.2, 0.25) is 0 Å². The Hall–Kier alpha value is -1.25. The lowest BCUT2D eigenvalue weighted by Crippen LogP contribution is -1.97. The van der Waals surface area contributed by atoms with E-state index in [9.17, 15) is 13.6 Å². The monoisotopic (exact) mass is 196 g/mol. The van der Waals surface area contributed by atoms with Crippen molar-refractivity contribution >= 4 is 5.78 Å². The highest BCUT2D eigenvalue weighted by atomic mass is 19.1. The number of benzene rings is 1.